The van der Waals surface area contributed by atoms with E-state index in [4.69, 9.17) is 4.74 Å². The van der Waals surface area contributed by atoms with Gasteiger partial charge in [-0.2, -0.15) is 0 Å². The average Bonchev–Trinajstić information content (AvgIpc) is 2.45. The molecule has 0 radical (unpaired) electrons. The number of hydrogen-bond donors (Lipinski definition) is 2. The highest BCUT2D eigenvalue weighted by Crippen LogP contribution is 2.29. The highest BCUT2D eigenvalue weighted by Gasteiger charge is 2.14. The molecule has 0 fully saturated rings. The maximum atomic E-state index is 10.8. The molecule has 0 saturated carbocycles. The molecular formula is C13H17N3O3. The Morgan fingerprint density at radius 1 is 1.53 bits per heavy atom. The number of rotatable bonds is 5. The summed E-state index contributed by atoms with van der Waals surface area (Å²) in [7, 11) is 1.43. The second-order valence-corrected chi connectivity index (χ2v) is 4.31. The Bertz CT molecular complexity index is 500. The van der Waals surface area contributed by atoms with Crippen LogP contribution >= 0.6 is 0 Å². The summed E-state index contributed by atoms with van der Waals surface area (Å²) in [6.45, 7) is 2.65. The summed E-state index contributed by atoms with van der Waals surface area (Å²) in [6, 6.07) is 4.81. The minimum atomic E-state index is -0.446. The van der Waals surface area contributed by atoms with E-state index in [-0.39, 0.29) is 11.4 Å². The fourth-order valence-corrected chi connectivity index (χ4v) is 1.98. The topological polar surface area (TPSA) is 76.4 Å². The van der Waals surface area contributed by atoms with Crippen LogP contribution in [0.5, 0.6) is 5.75 Å². The molecule has 2 N–H and O–H groups in total. The van der Waals surface area contributed by atoms with Gasteiger partial charge in [0.1, 0.15) is 0 Å². The number of nitro benzene ring substituents is 1. The monoisotopic (exact) mass is 263 g/mol. The summed E-state index contributed by atoms with van der Waals surface area (Å²) in [4.78, 5) is 10.3. The lowest BCUT2D eigenvalue weighted by Gasteiger charge is -2.15. The Labute approximate surface area is 111 Å². The van der Waals surface area contributed by atoms with Gasteiger partial charge in [0.05, 0.1) is 12.0 Å². The zero-order valence-corrected chi connectivity index (χ0v) is 10.8. The summed E-state index contributed by atoms with van der Waals surface area (Å²) in [6.07, 6.45) is 3.19. The molecular weight excluding hydrogens is 246 g/mol. The van der Waals surface area contributed by atoms with Crippen LogP contribution in [0.1, 0.15) is 6.42 Å². The van der Waals surface area contributed by atoms with Crippen LogP contribution in [-0.4, -0.2) is 31.7 Å². The number of nitrogens with one attached hydrogen (secondary N) is 2. The molecule has 1 heterocycles. The Balaban J connectivity index is 2.04. The zero-order chi connectivity index (χ0) is 13.7. The maximum absolute atomic E-state index is 10.8. The molecule has 19 heavy (non-hydrogen) atoms. The van der Waals surface area contributed by atoms with Crippen LogP contribution in [-0.2, 0) is 0 Å². The quantitative estimate of drug-likeness (QED) is 0.482. The first kappa shape index (κ1) is 13.4. The van der Waals surface area contributed by atoms with Crippen molar-refractivity contribution in [1.82, 2.24) is 5.32 Å². The first-order valence-electron chi connectivity index (χ1n) is 6.15. The van der Waals surface area contributed by atoms with Crippen LogP contribution < -0.4 is 15.4 Å². The normalized spacial score (nSPS) is 14.7. The van der Waals surface area contributed by atoms with E-state index >= 15 is 0 Å². The minimum absolute atomic E-state index is 0.0193. The van der Waals surface area contributed by atoms with Crippen LogP contribution in [0, 0.1) is 10.1 Å². The molecule has 2 rings (SSSR count). The standard InChI is InChI=1S/C13H17N3O3/c1-19-13-8-11(2-3-12(13)16(17)18)15-9-10-4-6-14-7-5-10/h2-4,8,14-15H,5-7,9H2,1H3. The second kappa shape index (κ2) is 6.19. The van der Waals surface area contributed by atoms with E-state index in [9.17, 15) is 10.1 Å². The van der Waals surface area contributed by atoms with Gasteiger partial charge in [-0.15, -0.1) is 0 Å². The highest BCUT2D eigenvalue weighted by atomic mass is 16.6. The number of anilines is 1. The third-order valence-corrected chi connectivity index (χ3v) is 3.05. The summed E-state index contributed by atoms with van der Waals surface area (Å²) in [5.41, 5.74) is 2.15. The van der Waals surface area contributed by atoms with Crippen molar-refractivity contribution in [3.8, 4) is 5.75 Å². The fraction of sp³-hybridized carbons (Fsp3) is 0.385. The van der Waals surface area contributed by atoms with Crippen molar-refractivity contribution in [1.29, 1.82) is 0 Å². The first-order valence-corrected chi connectivity index (χ1v) is 6.15. The molecule has 0 saturated heterocycles. The van der Waals surface area contributed by atoms with Gasteiger partial charge in [-0.1, -0.05) is 11.6 Å². The van der Waals surface area contributed by atoms with Gasteiger partial charge >= 0.3 is 5.69 Å². The summed E-state index contributed by atoms with van der Waals surface area (Å²) in [5.74, 6) is 0.272. The molecule has 0 amide bonds. The number of nitro groups is 1. The highest BCUT2D eigenvalue weighted by molar-refractivity contribution is 5.58. The van der Waals surface area contributed by atoms with Gasteiger partial charge in [-0.05, 0) is 19.0 Å². The molecule has 6 heteroatoms. The molecule has 1 aliphatic heterocycles. The molecule has 6 nitrogen and oxygen atoms in total. The van der Waals surface area contributed by atoms with Crippen molar-refractivity contribution in [2.45, 2.75) is 6.42 Å². The Morgan fingerprint density at radius 2 is 2.37 bits per heavy atom. The molecule has 0 aliphatic carbocycles. The smallest absolute Gasteiger partial charge is 0.311 e. The van der Waals surface area contributed by atoms with Gasteiger partial charge in [0.2, 0.25) is 0 Å². The van der Waals surface area contributed by atoms with E-state index in [1.54, 1.807) is 12.1 Å². The number of benzene rings is 1. The Hall–Kier alpha value is -2.08. The van der Waals surface area contributed by atoms with Gasteiger partial charge in [0.15, 0.2) is 5.75 Å². The fourth-order valence-electron chi connectivity index (χ4n) is 1.98. The van der Waals surface area contributed by atoms with Gasteiger partial charge in [-0.25, -0.2) is 0 Å². The van der Waals surface area contributed by atoms with Crippen molar-refractivity contribution < 1.29 is 9.66 Å². The van der Waals surface area contributed by atoms with E-state index in [2.05, 4.69) is 16.7 Å². The van der Waals surface area contributed by atoms with Crippen LogP contribution in [0.15, 0.2) is 29.8 Å². The lowest BCUT2D eigenvalue weighted by Crippen LogP contribution is -2.23. The van der Waals surface area contributed by atoms with Crippen LogP contribution in [0.4, 0.5) is 11.4 Å². The zero-order valence-electron chi connectivity index (χ0n) is 10.8. The largest absolute Gasteiger partial charge is 0.490 e. The molecule has 0 bridgehead atoms. The lowest BCUT2D eigenvalue weighted by atomic mass is 10.1. The van der Waals surface area contributed by atoms with Crippen molar-refractivity contribution in [2.24, 2.45) is 0 Å². The van der Waals surface area contributed by atoms with E-state index in [1.807, 2.05) is 0 Å². The number of methoxy groups -OCH3 is 1. The molecule has 1 aliphatic rings. The number of nitrogens with zero attached hydrogens (tertiary/aromatic N) is 1. The average molecular weight is 263 g/mol. The summed E-state index contributed by atoms with van der Waals surface area (Å²) < 4.78 is 5.03. The maximum Gasteiger partial charge on any atom is 0.311 e. The van der Waals surface area contributed by atoms with Crippen LogP contribution in [0.2, 0.25) is 0 Å². The molecule has 0 aromatic heterocycles. The minimum Gasteiger partial charge on any atom is -0.490 e. The van der Waals surface area contributed by atoms with Gasteiger partial charge < -0.3 is 15.4 Å². The van der Waals surface area contributed by atoms with Crippen molar-refractivity contribution in [3.63, 3.8) is 0 Å². The first-order chi connectivity index (χ1) is 9.20. The third-order valence-electron chi connectivity index (χ3n) is 3.05. The molecule has 1 aromatic carbocycles. The predicted octanol–water partition coefficient (Wildman–Crippen LogP) is 1.93. The van der Waals surface area contributed by atoms with E-state index in [1.165, 1.54) is 18.7 Å². The third kappa shape index (κ3) is 3.45. The predicted molar refractivity (Wildman–Crippen MR) is 73.7 cm³/mol. The van der Waals surface area contributed by atoms with E-state index in [0.717, 1.165) is 31.7 Å². The Kier molecular flexibility index (Phi) is 4.35. The van der Waals surface area contributed by atoms with E-state index in [0.29, 0.717) is 0 Å². The van der Waals surface area contributed by atoms with Crippen molar-refractivity contribution >= 4 is 11.4 Å². The molecule has 0 spiro atoms. The van der Waals surface area contributed by atoms with Crippen LogP contribution in [0.25, 0.3) is 0 Å². The van der Waals surface area contributed by atoms with Gasteiger partial charge in [0.25, 0.3) is 0 Å². The molecule has 0 unspecified atom stereocenters. The van der Waals surface area contributed by atoms with Gasteiger partial charge in [-0.3, -0.25) is 10.1 Å². The summed E-state index contributed by atoms with van der Waals surface area (Å²) in [5, 5.41) is 17.3. The molecule has 1 aromatic rings. The van der Waals surface area contributed by atoms with Crippen molar-refractivity contribution in [3.05, 3.63) is 40.0 Å². The van der Waals surface area contributed by atoms with Gasteiger partial charge in [0, 0.05) is 30.9 Å². The number of ether oxygens (including phenoxy) is 1. The SMILES string of the molecule is COc1cc(NCC2=CCNCC2)ccc1[N+](=O)[O-]. The lowest BCUT2D eigenvalue weighted by molar-refractivity contribution is -0.385. The number of hydrogen-bond acceptors (Lipinski definition) is 5. The molecule has 0 atom stereocenters. The Morgan fingerprint density at radius 3 is 3.00 bits per heavy atom. The second-order valence-electron chi connectivity index (χ2n) is 4.31. The summed E-state index contributed by atoms with van der Waals surface area (Å²) >= 11 is 0. The van der Waals surface area contributed by atoms with Crippen LogP contribution in [0.3, 0.4) is 0 Å². The van der Waals surface area contributed by atoms with E-state index < -0.39 is 4.92 Å². The molecule has 102 valence electrons. The van der Waals surface area contributed by atoms with Crippen molar-refractivity contribution in [2.75, 3.05) is 32.1 Å².